The molecule has 0 aliphatic carbocycles. The van der Waals surface area contributed by atoms with Gasteiger partial charge < -0.3 is 9.72 Å². The van der Waals surface area contributed by atoms with Gasteiger partial charge in [-0.1, -0.05) is 0 Å². The van der Waals surface area contributed by atoms with Crippen molar-refractivity contribution in [3.63, 3.8) is 0 Å². The molecule has 6 heteroatoms. The molecule has 1 amide bonds. The number of aromatic nitrogens is 3. The van der Waals surface area contributed by atoms with E-state index in [2.05, 4.69) is 20.3 Å². The highest BCUT2D eigenvalue weighted by Gasteiger charge is 2.09. The summed E-state index contributed by atoms with van der Waals surface area (Å²) in [7, 11) is 1.60. The van der Waals surface area contributed by atoms with E-state index in [1.54, 1.807) is 25.6 Å². The highest BCUT2D eigenvalue weighted by Crippen LogP contribution is 2.20. The van der Waals surface area contributed by atoms with Crippen molar-refractivity contribution in [3.8, 4) is 5.75 Å². The average Bonchev–Trinajstić information content (AvgIpc) is 2.99. The average molecular weight is 268 g/mol. The highest BCUT2D eigenvalue weighted by molar-refractivity contribution is 6.05. The normalized spacial score (nSPS) is 10.4. The van der Waals surface area contributed by atoms with Crippen LogP contribution in [-0.2, 0) is 0 Å². The monoisotopic (exact) mass is 268 g/mol. The number of nitrogens with zero attached hydrogens (tertiary/aromatic N) is 2. The number of hydrogen-bond acceptors (Lipinski definition) is 4. The molecule has 0 saturated heterocycles. The third kappa shape index (κ3) is 2.31. The van der Waals surface area contributed by atoms with Gasteiger partial charge in [-0.3, -0.25) is 15.1 Å². The Bertz CT molecular complexity index is 753. The van der Waals surface area contributed by atoms with Crippen molar-refractivity contribution in [1.82, 2.24) is 15.0 Å². The first kappa shape index (κ1) is 12.2. The lowest BCUT2D eigenvalue weighted by Crippen LogP contribution is -2.13. The van der Waals surface area contributed by atoms with Crippen molar-refractivity contribution in [1.29, 1.82) is 0 Å². The summed E-state index contributed by atoms with van der Waals surface area (Å²) in [6.45, 7) is 0. The van der Waals surface area contributed by atoms with Crippen LogP contribution in [0.15, 0.2) is 42.9 Å². The molecule has 0 saturated carbocycles. The molecule has 6 nitrogen and oxygen atoms in total. The third-order valence-electron chi connectivity index (χ3n) is 2.88. The lowest BCUT2D eigenvalue weighted by Gasteiger charge is -2.05. The number of pyridine rings is 1. The maximum atomic E-state index is 12.0. The van der Waals surface area contributed by atoms with E-state index in [1.165, 1.54) is 6.20 Å². The summed E-state index contributed by atoms with van der Waals surface area (Å²) >= 11 is 0. The fourth-order valence-electron chi connectivity index (χ4n) is 1.87. The number of aromatic amines is 1. The molecule has 0 bridgehead atoms. The predicted octanol–water partition coefficient (Wildman–Crippen LogP) is 2.22. The Kier molecular flexibility index (Phi) is 3.04. The van der Waals surface area contributed by atoms with Crippen LogP contribution in [0.2, 0.25) is 0 Å². The summed E-state index contributed by atoms with van der Waals surface area (Å²) in [6, 6.07) is 7.30. The maximum absolute atomic E-state index is 12.0. The summed E-state index contributed by atoms with van der Waals surface area (Å²) in [5.74, 6) is 0.882. The van der Waals surface area contributed by atoms with Crippen LogP contribution in [0, 0.1) is 0 Å². The molecule has 3 rings (SSSR count). The van der Waals surface area contributed by atoms with Crippen LogP contribution in [0.4, 0.5) is 5.95 Å². The molecule has 0 fully saturated rings. The molecule has 0 spiro atoms. The Hall–Kier alpha value is -2.89. The molecule has 2 heterocycles. The summed E-state index contributed by atoms with van der Waals surface area (Å²) in [5.41, 5.74) is 1.25. The molecule has 2 N–H and O–H groups in total. The minimum absolute atomic E-state index is 0.259. The van der Waals surface area contributed by atoms with Crippen LogP contribution < -0.4 is 10.1 Å². The van der Waals surface area contributed by atoms with Gasteiger partial charge in [-0.25, -0.2) is 4.98 Å². The van der Waals surface area contributed by atoms with Crippen molar-refractivity contribution in [3.05, 3.63) is 48.4 Å². The van der Waals surface area contributed by atoms with Gasteiger partial charge in [0.2, 0.25) is 5.95 Å². The minimum Gasteiger partial charge on any atom is -0.497 e. The van der Waals surface area contributed by atoms with E-state index in [4.69, 9.17) is 4.74 Å². The maximum Gasteiger partial charge on any atom is 0.259 e. The van der Waals surface area contributed by atoms with E-state index in [0.29, 0.717) is 11.5 Å². The minimum atomic E-state index is -0.259. The smallest absolute Gasteiger partial charge is 0.259 e. The first-order chi connectivity index (χ1) is 9.76. The molecule has 0 aliphatic rings. The van der Waals surface area contributed by atoms with Gasteiger partial charge in [0.15, 0.2) is 0 Å². The first-order valence-corrected chi connectivity index (χ1v) is 6.01. The standard InChI is InChI=1S/C14H12N4O2/c1-20-11-3-2-9-6-10(8-17-12(9)7-11)13(19)18-14-15-4-5-16-14/h2-8H,1H3,(H2,15,16,18,19). The van der Waals surface area contributed by atoms with Gasteiger partial charge in [-0.15, -0.1) is 0 Å². The number of carbonyl (C=O) groups excluding carboxylic acids is 1. The van der Waals surface area contributed by atoms with Crippen LogP contribution in [0.3, 0.4) is 0 Å². The largest absolute Gasteiger partial charge is 0.497 e. The Morgan fingerprint density at radius 1 is 1.30 bits per heavy atom. The molecule has 0 unspecified atom stereocenters. The first-order valence-electron chi connectivity index (χ1n) is 6.01. The fraction of sp³-hybridized carbons (Fsp3) is 0.0714. The van der Waals surface area contributed by atoms with Crippen molar-refractivity contribution >= 4 is 22.8 Å². The number of hydrogen-bond donors (Lipinski definition) is 2. The number of amides is 1. The zero-order valence-electron chi connectivity index (χ0n) is 10.8. The molecule has 2 aromatic heterocycles. The second-order valence-corrected chi connectivity index (χ2v) is 4.17. The zero-order valence-corrected chi connectivity index (χ0v) is 10.8. The second-order valence-electron chi connectivity index (χ2n) is 4.17. The summed E-state index contributed by atoms with van der Waals surface area (Å²) in [6.07, 6.45) is 4.74. The number of carbonyl (C=O) groups is 1. The topological polar surface area (TPSA) is 79.9 Å². The van der Waals surface area contributed by atoms with Crippen molar-refractivity contribution in [2.24, 2.45) is 0 Å². The Balaban J connectivity index is 1.90. The van der Waals surface area contributed by atoms with Crippen LogP contribution >= 0.6 is 0 Å². The Morgan fingerprint density at radius 2 is 2.20 bits per heavy atom. The molecule has 1 aromatic carbocycles. The van der Waals surface area contributed by atoms with Crippen LogP contribution in [0.5, 0.6) is 5.75 Å². The number of anilines is 1. The molecule has 100 valence electrons. The lowest BCUT2D eigenvalue weighted by molar-refractivity contribution is 0.102. The summed E-state index contributed by atoms with van der Waals surface area (Å²) < 4.78 is 5.14. The highest BCUT2D eigenvalue weighted by atomic mass is 16.5. The molecular weight excluding hydrogens is 256 g/mol. The summed E-state index contributed by atoms with van der Waals surface area (Å²) in [5, 5.41) is 3.53. The number of nitrogens with one attached hydrogen (secondary N) is 2. The molecule has 0 radical (unpaired) electrons. The van der Waals surface area contributed by atoms with Crippen molar-refractivity contribution in [2.75, 3.05) is 12.4 Å². The molecule has 0 atom stereocenters. The molecule has 0 aliphatic heterocycles. The van der Waals surface area contributed by atoms with Crippen molar-refractivity contribution in [2.45, 2.75) is 0 Å². The third-order valence-corrected chi connectivity index (χ3v) is 2.88. The Morgan fingerprint density at radius 3 is 2.95 bits per heavy atom. The number of fused-ring (bicyclic) bond motifs is 1. The zero-order chi connectivity index (χ0) is 13.9. The van der Waals surface area contributed by atoms with E-state index in [1.807, 2.05) is 18.2 Å². The number of rotatable bonds is 3. The predicted molar refractivity (Wildman–Crippen MR) is 74.8 cm³/mol. The number of H-pyrrole nitrogens is 1. The van der Waals surface area contributed by atoms with Gasteiger partial charge in [-0.2, -0.15) is 0 Å². The van der Waals surface area contributed by atoms with E-state index in [0.717, 1.165) is 16.7 Å². The molecular formula is C14H12N4O2. The fourth-order valence-corrected chi connectivity index (χ4v) is 1.87. The van der Waals surface area contributed by atoms with Gasteiger partial charge in [0.1, 0.15) is 5.75 Å². The quantitative estimate of drug-likeness (QED) is 0.763. The number of benzene rings is 1. The number of methoxy groups -OCH3 is 1. The van der Waals surface area contributed by atoms with Gasteiger partial charge in [0.05, 0.1) is 18.2 Å². The SMILES string of the molecule is COc1ccc2cc(C(=O)Nc3ncc[nH]3)cnc2c1. The summed E-state index contributed by atoms with van der Waals surface area (Å²) in [4.78, 5) is 23.1. The number of imidazole rings is 1. The van der Waals surface area contributed by atoms with Gasteiger partial charge in [0.25, 0.3) is 5.91 Å². The Labute approximate surface area is 114 Å². The molecule has 3 aromatic rings. The van der Waals surface area contributed by atoms with E-state index in [9.17, 15) is 4.79 Å². The van der Waals surface area contributed by atoms with Gasteiger partial charge in [-0.05, 0) is 18.2 Å². The van der Waals surface area contributed by atoms with Gasteiger partial charge in [0, 0.05) is 30.0 Å². The van der Waals surface area contributed by atoms with Crippen LogP contribution in [-0.4, -0.2) is 28.0 Å². The van der Waals surface area contributed by atoms with Gasteiger partial charge >= 0.3 is 0 Å². The van der Waals surface area contributed by atoms with E-state index < -0.39 is 0 Å². The van der Waals surface area contributed by atoms with Crippen LogP contribution in [0.25, 0.3) is 10.9 Å². The van der Waals surface area contributed by atoms with Crippen molar-refractivity contribution < 1.29 is 9.53 Å². The second kappa shape index (κ2) is 5.00. The molecule has 20 heavy (non-hydrogen) atoms. The van der Waals surface area contributed by atoms with E-state index in [-0.39, 0.29) is 5.91 Å². The van der Waals surface area contributed by atoms with Crippen LogP contribution in [0.1, 0.15) is 10.4 Å². The lowest BCUT2D eigenvalue weighted by atomic mass is 10.1. The van der Waals surface area contributed by atoms with E-state index >= 15 is 0 Å². The number of ether oxygens (including phenoxy) is 1.